The Morgan fingerprint density at radius 1 is 1.21 bits per heavy atom. The lowest BCUT2D eigenvalue weighted by Gasteiger charge is -2.17. The minimum atomic E-state index is -0.384. The zero-order valence-corrected chi connectivity index (χ0v) is 11.3. The van der Waals surface area contributed by atoms with Crippen LogP contribution in [0.25, 0.3) is 6.08 Å². The second-order valence-corrected chi connectivity index (χ2v) is 3.90. The van der Waals surface area contributed by atoms with E-state index in [1.807, 2.05) is 37.3 Å². The second-order valence-electron chi connectivity index (χ2n) is 3.90. The largest absolute Gasteiger partial charge is 0.465 e. The van der Waals surface area contributed by atoms with Crippen LogP contribution in [0.4, 0.5) is 0 Å². The molecule has 0 aliphatic carbocycles. The molecule has 0 aliphatic rings. The molecule has 1 amide bonds. The third-order valence-corrected chi connectivity index (χ3v) is 2.54. The first-order chi connectivity index (χ1) is 9.17. The van der Waals surface area contributed by atoms with Crippen molar-refractivity contribution in [3.63, 3.8) is 0 Å². The number of esters is 1. The summed E-state index contributed by atoms with van der Waals surface area (Å²) in [6.07, 6.45) is 3.20. The van der Waals surface area contributed by atoms with E-state index in [1.165, 1.54) is 11.0 Å². The zero-order chi connectivity index (χ0) is 14.1. The molecule has 1 aromatic carbocycles. The third kappa shape index (κ3) is 5.38. The molecular weight excluding hydrogens is 242 g/mol. The summed E-state index contributed by atoms with van der Waals surface area (Å²) in [7, 11) is 0. The van der Waals surface area contributed by atoms with E-state index in [-0.39, 0.29) is 18.4 Å². The van der Waals surface area contributed by atoms with E-state index in [9.17, 15) is 9.59 Å². The van der Waals surface area contributed by atoms with Crippen molar-refractivity contribution in [2.75, 3.05) is 19.7 Å². The normalized spacial score (nSPS) is 10.4. The lowest BCUT2D eigenvalue weighted by molar-refractivity contribution is -0.147. The molecule has 0 fully saturated rings. The third-order valence-electron chi connectivity index (χ3n) is 2.54. The average Bonchev–Trinajstić information content (AvgIpc) is 2.43. The Bertz CT molecular complexity index is 440. The number of nitrogens with zero attached hydrogens (tertiary/aromatic N) is 1. The highest BCUT2D eigenvalue weighted by atomic mass is 16.5. The Hall–Kier alpha value is -2.10. The number of hydrogen-bond donors (Lipinski definition) is 0. The maximum atomic E-state index is 11.9. The van der Waals surface area contributed by atoms with Gasteiger partial charge in [0, 0.05) is 12.6 Å². The standard InChI is InChI=1S/C15H19NO3/c1-3-16(12-15(18)19-4-2)14(17)11-10-13-8-6-5-7-9-13/h5-11H,3-4,12H2,1-2H3/b11-10+. The number of ether oxygens (including phenoxy) is 1. The van der Waals surface area contributed by atoms with Crippen LogP contribution in [0.2, 0.25) is 0 Å². The first-order valence-electron chi connectivity index (χ1n) is 6.35. The van der Waals surface area contributed by atoms with Crippen LogP contribution in [0, 0.1) is 0 Å². The van der Waals surface area contributed by atoms with E-state index >= 15 is 0 Å². The van der Waals surface area contributed by atoms with Crippen LogP contribution in [0.3, 0.4) is 0 Å². The number of rotatable bonds is 6. The van der Waals surface area contributed by atoms with Gasteiger partial charge < -0.3 is 9.64 Å². The van der Waals surface area contributed by atoms with Gasteiger partial charge in [0.25, 0.3) is 0 Å². The van der Waals surface area contributed by atoms with E-state index in [4.69, 9.17) is 4.74 Å². The molecule has 102 valence electrons. The van der Waals surface area contributed by atoms with E-state index in [2.05, 4.69) is 0 Å². The van der Waals surface area contributed by atoms with Gasteiger partial charge in [0.1, 0.15) is 6.54 Å². The van der Waals surface area contributed by atoms with Crippen LogP contribution < -0.4 is 0 Å². The lowest BCUT2D eigenvalue weighted by Crippen LogP contribution is -2.35. The number of carbonyl (C=O) groups excluding carboxylic acids is 2. The van der Waals surface area contributed by atoms with Gasteiger partial charge in [0.2, 0.25) is 5.91 Å². The van der Waals surface area contributed by atoms with E-state index in [0.717, 1.165) is 5.56 Å². The van der Waals surface area contributed by atoms with Crippen LogP contribution in [-0.2, 0) is 14.3 Å². The maximum absolute atomic E-state index is 11.9. The minimum Gasteiger partial charge on any atom is -0.465 e. The highest BCUT2D eigenvalue weighted by molar-refractivity contribution is 5.93. The van der Waals surface area contributed by atoms with Crippen LogP contribution in [0.1, 0.15) is 19.4 Å². The Labute approximate surface area is 113 Å². The van der Waals surface area contributed by atoms with Crippen molar-refractivity contribution in [1.82, 2.24) is 4.90 Å². The molecule has 19 heavy (non-hydrogen) atoms. The number of hydrogen-bond acceptors (Lipinski definition) is 3. The van der Waals surface area contributed by atoms with Crippen LogP contribution in [0.15, 0.2) is 36.4 Å². The van der Waals surface area contributed by atoms with Gasteiger partial charge in [-0.15, -0.1) is 0 Å². The monoisotopic (exact) mass is 261 g/mol. The smallest absolute Gasteiger partial charge is 0.325 e. The van der Waals surface area contributed by atoms with E-state index < -0.39 is 0 Å². The second kappa shape index (κ2) is 8.08. The molecule has 0 spiro atoms. The minimum absolute atomic E-state index is 0.0116. The molecule has 0 radical (unpaired) electrons. The first kappa shape index (κ1) is 15.0. The molecule has 0 saturated carbocycles. The average molecular weight is 261 g/mol. The quantitative estimate of drug-likeness (QED) is 0.582. The molecule has 0 saturated heterocycles. The number of carbonyl (C=O) groups is 2. The van der Waals surface area contributed by atoms with Crippen LogP contribution >= 0.6 is 0 Å². The fourth-order valence-corrected chi connectivity index (χ4v) is 1.55. The van der Waals surface area contributed by atoms with Gasteiger partial charge in [0.05, 0.1) is 6.61 Å². The molecule has 1 rings (SSSR count). The van der Waals surface area contributed by atoms with Gasteiger partial charge in [-0.25, -0.2) is 0 Å². The molecule has 0 heterocycles. The van der Waals surface area contributed by atoms with Gasteiger partial charge in [-0.3, -0.25) is 9.59 Å². The van der Waals surface area contributed by atoms with Crippen LogP contribution in [-0.4, -0.2) is 36.5 Å². The molecule has 0 bridgehead atoms. The van der Waals surface area contributed by atoms with Gasteiger partial charge in [-0.05, 0) is 25.5 Å². The fourth-order valence-electron chi connectivity index (χ4n) is 1.55. The molecule has 4 nitrogen and oxygen atoms in total. The Morgan fingerprint density at radius 2 is 1.89 bits per heavy atom. The molecule has 0 atom stereocenters. The number of likely N-dealkylation sites (N-methyl/N-ethyl adjacent to an activating group) is 1. The van der Waals surface area contributed by atoms with Gasteiger partial charge in [-0.2, -0.15) is 0 Å². The summed E-state index contributed by atoms with van der Waals surface area (Å²) >= 11 is 0. The molecule has 0 N–H and O–H groups in total. The Balaban J connectivity index is 2.59. The summed E-state index contributed by atoms with van der Waals surface area (Å²) in [5.74, 6) is -0.579. The predicted octanol–water partition coefficient (Wildman–Crippen LogP) is 2.11. The predicted molar refractivity (Wildman–Crippen MR) is 74.4 cm³/mol. The van der Waals surface area contributed by atoms with Crippen molar-refractivity contribution >= 4 is 18.0 Å². The van der Waals surface area contributed by atoms with Gasteiger partial charge >= 0.3 is 5.97 Å². The lowest BCUT2D eigenvalue weighted by atomic mass is 10.2. The van der Waals surface area contributed by atoms with E-state index in [0.29, 0.717) is 13.2 Å². The Kier molecular flexibility index (Phi) is 6.36. The summed E-state index contributed by atoms with van der Waals surface area (Å²) in [6, 6.07) is 9.54. The summed E-state index contributed by atoms with van der Waals surface area (Å²) in [5.41, 5.74) is 0.947. The van der Waals surface area contributed by atoms with Crippen LogP contribution in [0.5, 0.6) is 0 Å². The van der Waals surface area contributed by atoms with Crippen molar-refractivity contribution in [2.24, 2.45) is 0 Å². The molecule has 0 aliphatic heterocycles. The first-order valence-corrected chi connectivity index (χ1v) is 6.35. The molecule has 0 unspecified atom stereocenters. The van der Waals surface area contributed by atoms with Crippen molar-refractivity contribution < 1.29 is 14.3 Å². The summed E-state index contributed by atoms with van der Waals surface area (Å²) in [6.45, 7) is 4.35. The molecule has 4 heteroatoms. The fraction of sp³-hybridized carbons (Fsp3) is 0.333. The maximum Gasteiger partial charge on any atom is 0.325 e. The zero-order valence-electron chi connectivity index (χ0n) is 11.3. The van der Waals surface area contributed by atoms with Crippen molar-refractivity contribution in [3.8, 4) is 0 Å². The Morgan fingerprint density at radius 3 is 2.47 bits per heavy atom. The molecule has 0 aromatic heterocycles. The summed E-state index contributed by atoms with van der Waals surface area (Å²) < 4.78 is 4.83. The topological polar surface area (TPSA) is 46.6 Å². The number of benzene rings is 1. The van der Waals surface area contributed by atoms with E-state index in [1.54, 1.807) is 13.0 Å². The molecular formula is C15H19NO3. The van der Waals surface area contributed by atoms with Crippen molar-refractivity contribution in [1.29, 1.82) is 0 Å². The van der Waals surface area contributed by atoms with Gasteiger partial charge in [0.15, 0.2) is 0 Å². The summed E-state index contributed by atoms with van der Waals surface area (Å²) in [5, 5.41) is 0. The SMILES string of the molecule is CCOC(=O)CN(CC)C(=O)/C=C/c1ccccc1. The van der Waals surface area contributed by atoms with Gasteiger partial charge in [-0.1, -0.05) is 30.3 Å². The highest BCUT2D eigenvalue weighted by Crippen LogP contribution is 2.02. The number of amides is 1. The highest BCUT2D eigenvalue weighted by Gasteiger charge is 2.13. The molecule has 1 aromatic rings. The van der Waals surface area contributed by atoms with Crippen molar-refractivity contribution in [3.05, 3.63) is 42.0 Å². The van der Waals surface area contributed by atoms with Crippen molar-refractivity contribution in [2.45, 2.75) is 13.8 Å². The summed E-state index contributed by atoms with van der Waals surface area (Å²) in [4.78, 5) is 24.7.